The van der Waals surface area contributed by atoms with Crippen molar-refractivity contribution in [3.05, 3.63) is 0 Å². The van der Waals surface area contributed by atoms with Crippen LogP contribution in [0.25, 0.3) is 0 Å². The van der Waals surface area contributed by atoms with E-state index in [1.54, 1.807) is 0 Å². The number of likely N-dealkylation sites (N-methyl/N-ethyl adjacent to an activating group) is 1. The minimum atomic E-state index is -2.83. The molecule has 0 aromatic carbocycles. The lowest BCUT2D eigenvalue weighted by Crippen LogP contribution is -2.25. The number of rotatable bonds is 10. The Bertz CT molecular complexity index is 228. The fourth-order valence-corrected chi connectivity index (χ4v) is 2.12. The van der Waals surface area contributed by atoms with Crippen LogP contribution in [-0.4, -0.2) is 56.0 Å². The lowest BCUT2D eigenvalue weighted by molar-refractivity contribution is 0.103. The molecule has 0 aliphatic heterocycles. The van der Waals surface area contributed by atoms with Crippen molar-refractivity contribution in [2.45, 2.75) is 26.7 Å². The first-order valence-electron chi connectivity index (χ1n) is 6.37. The van der Waals surface area contributed by atoms with Crippen LogP contribution in [0.15, 0.2) is 0 Å². The minimum Gasteiger partial charge on any atom is -0.380 e. The van der Waals surface area contributed by atoms with Crippen LogP contribution < -0.4 is 0 Å². The smallest absolute Gasteiger partial charge is 0.197 e. The molecule has 17 heavy (non-hydrogen) atoms. The van der Waals surface area contributed by atoms with Crippen LogP contribution in [0, 0.1) is 5.92 Å². The molecule has 0 heterocycles. The van der Waals surface area contributed by atoms with Crippen LogP contribution >= 0.6 is 7.37 Å². The van der Waals surface area contributed by atoms with Crippen LogP contribution in [0.2, 0.25) is 0 Å². The Kier molecular flexibility index (Phi) is 9.15. The molecule has 4 nitrogen and oxygen atoms in total. The SMILES string of the molecule is CC(C)CCOCCN(C)CCCP(C)(=O)O. The second kappa shape index (κ2) is 9.09. The zero-order valence-corrected chi connectivity index (χ0v) is 12.6. The maximum Gasteiger partial charge on any atom is 0.197 e. The molecular formula is C12H28NO3P. The van der Waals surface area contributed by atoms with Gasteiger partial charge in [-0.15, -0.1) is 0 Å². The normalized spacial score (nSPS) is 15.5. The highest BCUT2D eigenvalue weighted by atomic mass is 31.2. The average Bonchev–Trinajstić information content (AvgIpc) is 2.14. The zero-order chi connectivity index (χ0) is 13.3. The van der Waals surface area contributed by atoms with E-state index < -0.39 is 7.37 Å². The summed E-state index contributed by atoms with van der Waals surface area (Å²) in [5.41, 5.74) is 0. The van der Waals surface area contributed by atoms with E-state index in [-0.39, 0.29) is 0 Å². The third-order valence-electron chi connectivity index (χ3n) is 2.57. The van der Waals surface area contributed by atoms with E-state index in [9.17, 15) is 4.57 Å². The first-order valence-corrected chi connectivity index (χ1v) is 8.66. The van der Waals surface area contributed by atoms with Gasteiger partial charge in [0.15, 0.2) is 7.37 Å². The predicted octanol–water partition coefficient (Wildman–Crippen LogP) is 2.27. The summed E-state index contributed by atoms with van der Waals surface area (Å²) in [6.45, 7) is 9.10. The Labute approximate surface area is 106 Å². The molecule has 0 amide bonds. The van der Waals surface area contributed by atoms with Crippen molar-refractivity contribution in [1.82, 2.24) is 4.90 Å². The monoisotopic (exact) mass is 265 g/mol. The molecule has 104 valence electrons. The average molecular weight is 265 g/mol. The molecule has 1 unspecified atom stereocenters. The summed E-state index contributed by atoms with van der Waals surface area (Å²) in [6.07, 6.45) is 2.28. The maximum absolute atomic E-state index is 11.1. The van der Waals surface area contributed by atoms with Gasteiger partial charge in [0, 0.05) is 26.0 Å². The number of hydrogen-bond acceptors (Lipinski definition) is 3. The Hall–Kier alpha value is 0.110. The van der Waals surface area contributed by atoms with Gasteiger partial charge in [0.1, 0.15) is 0 Å². The Morgan fingerprint density at radius 3 is 2.47 bits per heavy atom. The molecular weight excluding hydrogens is 237 g/mol. The molecule has 0 radical (unpaired) electrons. The Morgan fingerprint density at radius 2 is 1.94 bits per heavy atom. The Morgan fingerprint density at radius 1 is 1.29 bits per heavy atom. The van der Waals surface area contributed by atoms with Gasteiger partial charge in [0.2, 0.25) is 0 Å². The van der Waals surface area contributed by atoms with Crippen LogP contribution in [0.5, 0.6) is 0 Å². The highest BCUT2D eigenvalue weighted by Crippen LogP contribution is 2.35. The van der Waals surface area contributed by atoms with Crippen LogP contribution in [0.3, 0.4) is 0 Å². The summed E-state index contributed by atoms with van der Waals surface area (Å²) in [5.74, 6) is 0.691. The van der Waals surface area contributed by atoms with Crippen molar-refractivity contribution in [2.75, 3.05) is 46.2 Å². The summed E-state index contributed by atoms with van der Waals surface area (Å²) < 4.78 is 16.6. The molecule has 0 aromatic rings. The molecule has 1 N–H and O–H groups in total. The fourth-order valence-electron chi connectivity index (χ4n) is 1.39. The molecule has 1 atom stereocenters. The topological polar surface area (TPSA) is 49.8 Å². The Balaban J connectivity index is 3.35. The zero-order valence-electron chi connectivity index (χ0n) is 11.7. The number of nitrogens with zero attached hydrogens (tertiary/aromatic N) is 1. The first-order chi connectivity index (χ1) is 7.81. The largest absolute Gasteiger partial charge is 0.380 e. The van der Waals surface area contributed by atoms with Gasteiger partial charge in [-0.05, 0) is 32.4 Å². The number of ether oxygens (including phenoxy) is 1. The standard InChI is InChI=1S/C12H28NO3P/c1-12(2)6-9-16-10-8-13(3)7-5-11-17(4,14)15/h12H,5-11H2,1-4H3,(H,14,15). The highest BCUT2D eigenvalue weighted by molar-refractivity contribution is 7.57. The van der Waals surface area contributed by atoms with Crippen molar-refractivity contribution < 1.29 is 14.2 Å². The predicted molar refractivity (Wildman–Crippen MR) is 73.0 cm³/mol. The van der Waals surface area contributed by atoms with E-state index in [1.807, 2.05) is 7.05 Å². The van der Waals surface area contributed by atoms with Gasteiger partial charge >= 0.3 is 0 Å². The molecule has 0 saturated carbocycles. The molecule has 0 aliphatic rings. The summed E-state index contributed by atoms with van der Waals surface area (Å²) in [5, 5.41) is 0. The van der Waals surface area contributed by atoms with Gasteiger partial charge < -0.3 is 14.5 Å². The van der Waals surface area contributed by atoms with E-state index in [0.29, 0.717) is 12.1 Å². The second-order valence-electron chi connectivity index (χ2n) is 5.23. The number of hydrogen-bond donors (Lipinski definition) is 1. The third-order valence-corrected chi connectivity index (χ3v) is 3.72. The quantitative estimate of drug-likeness (QED) is 0.486. The van der Waals surface area contributed by atoms with Crippen molar-refractivity contribution >= 4 is 7.37 Å². The molecule has 5 heteroatoms. The molecule has 0 bridgehead atoms. The summed E-state index contributed by atoms with van der Waals surface area (Å²) in [4.78, 5) is 11.3. The van der Waals surface area contributed by atoms with Crippen molar-refractivity contribution in [2.24, 2.45) is 5.92 Å². The van der Waals surface area contributed by atoms with Crippen molar-refractivity contribution in [3.8, 4) is 0 Å². The molecule has 0 saturated heterocycles. The third kappa shape index (κ3) is 14.0. The fraction of sp³-hybridized carbons (Fsp3) is 1.00. The molecule has 0 aromatic heterocycles. The molecule has 0 spiro atoms. The van der Waals surface area contributed by atoms with Gasteiger partial charge in [-0.3, -0.25) is 4.57 Å². The maximum atomic E-state index is 11.1. The van der Waals surface area contributed by atoms with E-state index in [0.717, 1.165) is 39.1 Å². The molecule has 0 fully saturated rings. The molecule has 0 rings (SSSR count). The van der Waals surface area contributed by atoms with E-state index >= 15 is 0 Å². The lowest BCUT2D eigenvalue weighted by Gasteiger charge is -2.17. The van der Waals surface area contributed by atoms with Crippen molar-refractivity contribution in [3.63, 3.8) is 0 Å². The van der Waals surface area contributed by atoms with Crippen LogP contribution in [0.4, 0.5) is 0 Å². The minimum absolute atomic E-state index is 0.408. The first kappa shape index (κ1) is 17.1. The summed E-state index contributed by atoms with van der Waals surface area (Å²) in [7, 11) is -0.810. The lowest BCUT2D eigenvalue weighted by atomic mass is 10.1. The van der Waals surface area contributed by atoms with Gasteiger partial charge in [-0.1, -0.05) is 13.8 Å². The van der Waals surface area contributed by atoms with E-state index in [4.69, 9.17) is 9.63 Å². The molecule has 0 aliphatic carbocycles. The summed E-state index contributed by atoms with van der Waals surface area (Å²) >= 11 is 0. The van der Waals surface area contributed by atoms with Gasteiger partial charge in [0.05, 0.1) is 6.61 Å². The van der Waals surface area contributed by atoms with Gasteiger partial charge in [-0.2, -0.15) is 0 Å². The van der Waals surface area contributed by atoms with Gasteiger partial charge in [-0.25, -0.2) is 0 Å². The van der Waals surface area contributed by atoms with E-state index in [1.165, 1.54) is 6.66 Å². The van der Waals surface area contributed by atoms with Gasteiger partial charge in [0.25, 0.3) is 0 Å². The van der Waals surface area contributed by atoms with Crippen molar-refractivity contribution in [1.29, 1.82) is 0 Å². The van der Waals surface area contributed by atoms with E-state index in [2.05, 4.69) is 18.7 Å². The second-order valence-corrected chi connectivity index (χ2v) is 7.78. The van der Waals surface area contributed by atoms with Crippen LogP contribution in [0.1, 0.15) is 26.7 Å². The highest BCUT2D eigenvalue weighted by Gasteiger charge is 2.09. The van der Waals surface area contributed by atoms with Crippen LogP contribution in [-0.2, 0) is 9.30 Å². The summed E-state index contributed by atoms with van der Waals surface area (Å²) in [6, 6.07) is 0.